The molecule has 1 saturated carbocycles. The van der Waals surface area contributed by atoms with E-state index < -0.39 is 0 Å². The first kappa shape index (κ1) is 18.4. The van der Waals surface area contributed by atoms with Gasteiger partial charge in [0.1, 0.15) is 5.75 Å². The van der Waals surface area contributed by atoms with Gasteiger partial charge in [0.2, 0.25) is 0 Å². The van der Waals surface area contributed by atoms with Crippen LogP contribution in [0.25, 0.3) is 0 Å². The lowest BCUT2D eigenvalue weighted by molar-refractivity contribution is -0.134. The Morgan fingerprint density at radius 3 is 2.32 bits per heavy atom. The summed E-state index contributed by atoms with van der Waals surface area (Å²) in [5.41, 5.74) is 2.41. The van der Waals surface area contributed by atoms with E-state index in [0.29, 0.717) is 29.5 Å². The molecule has 1 amide bonds. The number of ketones is 1. The molecule has 0 aliphatic heterocycles. The van der Waals surface area contributed by atoms with E-state index in [9.17, 15) is 9.59 Å². The van der Waals surface area contributed by atoms with Crippen LogP contribution in [0.3, 0.4) is 0 Å². The van der Waals surface area contributed by atoms with E-state index in [-0.39, 0.29) is 18.3 Å². The van der Waals surface area contributed by atoms with Gasteiger partial charge in [0.05, 0.1) is 0 Å². The monoisotopic (exact) mass is 391 g/mol. The molecule has 2 aromatic carbocycles. The minimum Gasteiger partial charge on any atom is -0.484 e. The lowest BCUT2D eigenvalue weighted by Gasteiger charge is -2.22. The van der Waals surface area contributed by atoms with E-state index in [1.54, 1.807) is 47.7 Å². The molecule has 0 unspecified atom stereocenters. The molecular formula is C23H21NO3S. The molecule has 0 bridgehead atoms. The van der Waals surface area contributed by atoms with Crippen LogP contribution in [0.1, 0.15) is 34.3 Å². The van der Waals surface area contributed by atoms with Gasteiger partial charge in [0.15, 0.2) is 12.4 Å². The number of hydrogen-bond acceptors (Lipinski definition) is 4. The molecule has 1 heterocycles. The summed E-state index contributed by atoms with van der Waals surface area (Å²) >= 11 is 1.64. The van der Waals surface area contributed by atoms with Crippen molar-refractivity contribution in [3.63, 3.8) is 0 Å². The molecule has 1 fully saturated rings. The molecule has 0 spiro atoms. The maximum atomic E-state index is 12.6. The van der Waals surface area contributed by atoms with Crippen molar-refractivity contribution in [3.05, 3.63) is 88.1 Å². The molecule has 0 radical (unpaired) electrons. The molecule has 5 heteroatoms. The van der Waals surface area contributed by atoms with Crippen LogP contribution in [0.2, 0.25) is 0 Å². The molecule has 0 atom stereocenters. The summed E-state index contributed by atoms with van der Waals surface area (Å²) in [6.45, 7) is 0.646. The van der Waals surface area contributed by atoms with Crippen LogP contribution < -0.4 is 4.74 Å². The van der Waals surface area contributed by atoms with Crippen LogP contribution in [0.15, 0.2) is 71.4 Å². The normalized spacial score (nSPS) is 13.1. The second kappa shape index (κ2) is 8.40. The first-order valence-corrected chi connectivity index (χ1v) is 10.3. The quantitative estimate of drug-likeness (QED) is 0.529. The van der Waals surface area contributed by atoms with Crippen molar-refractivity contribution in [1.82, 2.24) is 4.90 Å². The van der Waals surface area contributed by atoms with Gasteiger partial charge in [-0.1, -0.05) is 30.3 Å². The first-order valence-electron chi connectivity index (χ1n) is 9.34. The summed E-state index contributed by atoms with van der Waals surface area (Å²) < 4.78 is 5.69. The first-order chi connectivity index (χ1) is 13.7. The number of hydrogen-bond donors (Lipinski definition) is 0. The molecule has 3 aromatic rings. The Labute approximate surface area is 168 Å². The highest BCUT2D eigenvalue weighted by Crippen LogP contribution is 2.29. The van der Waals surface area contributed by atoms with Gasteiger partial charge < -0.3 is 9.64 Å². The van der Waals surface area contributed by atoms with Crippen molar-refractivity contribution in [3.8, 4) is 5.75 Å². The SMILES string of the molecule is O=C(c1ccccc1)c1ccc(OCC(=O)N(Cc2ccsc2)C2CC2)cc1. The van der Waals surface area contributed by atoms with Gasteiger partial charge in [-0.3, -0.25) is 9.59 Å². The fourth-order valence-corrected chi connectivity index (χ4v) is 3.73. The zero-order valence-corrected chi connectivity index (χ0v) is 16.2. The Kier molecular flexibility index (Phi) is 5.53. The van der Waals surface area contributed by atoms with Gasteiger partial charge in [-0.25, -0.2) is 0 Å². The summed E-state index contributed by atoms with van der Waals surface area (Å²) in [6.07, 6.45) is 2.12. The number of carbonyl (C=O) groups excluding carboxylic acids is 2. The largest absolute Gasteiger partial charge is 0.484 e. The van der Waals surface area contributed by atoms with Crippen molar-refractivity contribution >= 4 is 23.0 Å². The van der Waals surface area contributed by atoms with Crippen molar-refractivity contribution in [1.29, 1.82) is 0 Å². The lowest BCUT2D eigenvalue weighted by atomic mass is 10.0. The molecule has 142 valence electrons. The molecule has 4 nitrogen and oxygen atoms in total. The van der Waals surface area contributed by atoms with E-state index in [1.165, 1.54) is 0 Å². The highest BCUT2D eigenvalue weighted by molar-refractivity contribution is 7.07. The smallest absolute Gasteiger partial charge is 0.261 e. The average molecular weight is 391 g/mol. The maximum absolute atomic E-state index is 12.6. The molecule has 28 heavy (non-hydrogen) atoms. The van der Waals surface area contributed by atoms with Gasteiger partial charge >= 0.3 is 0 Å². The molecule has 1 aliphatic rings. The third-order valence-corrected chi connectivity index (χ3v) is 5.49. The Morgan fingerprint density at radius 2 is 1.68 bits per heavy atom. The van der Waals surface area contributed by atoms with Crippen LogP contribution in [0.4, 0.5) is 0 Å². The summed E-state index contributed by atoms with van der Waals surface area (Å²) in [7, 11) is 0. The van der Waals surface area contributed by atoms with E-state index in [0.717, 1.165) is 18.4 Å². The molecule has 0 saturated heterocycles. The summed E-state index contributed by atoms with van der Waals surface area (Å²) in [5, 5.41) is 4.10. The number of carbonyl (C=O) groups is 2. The van der Waals surface area contributed by atoms with E-state index in [2.05, 4.69) is 11.4 Å². The highest BCUT2D eigenvalue weighted by atomic mass is 32.1. The van der Waals surface area contributed by atoms with Gasteiger partial charge in [-0.15, -0.1) is 0 Å². The average Bonchev–Trinajstić information content (AvgIpc) is 3.46. The van der Waals surface area contributed by atoms with Crippen molar-refractivity contribution in [2.75, 3.05) is 6.61 Å². The van der Waals surface area contributed by atoms with Gasteiger partial charge in [0.25, 0.3) is 5.91 Å². The van der Waals surface area contributed by atoms with E-state index in [1.807, 2.05) is 28.5 Å². The Balaban J connectivity index is 1.35. The standard InChI is InChI=1S/C23H21NO3S/c25-22(24(20-8-9-20)14-17-12-13-28-16-17)15-27-21-10-6-19(7-11-21)23(26)18-4-2-1-3-5-18/h1-7,10-13,16,20H,8-9,14-15H2. The summed E-state index contributed by atoms with van der Waals surface area (Å²) in [4.78, 5) is 27.0. The van der Waals surface area contributed by atoms with Crippen LogP contribution in [-0.4, -0.2) is 29.2 Å². The zero-order valence-electron chi connectivity index (χ0n) is 15.4. The van der Waals surface area contributed by atoms with Crippen LogP contribution >= 0.6 is 11.3 Å². The Hall–Kier alpha value is -2.92. The number of benzene rings is 2. The highest BCUT2D eigenvalue weighted by Gasteiger charge is 2.32. The zero-order chi connectivity index (χ0) is 19.3. The van der Waals surface area contributed by atoms with Gasteiger partial charge in [0, 0.05) is 23.7 Å². The Bertz CT molecular complexity index is 932. The molecule has 1 aliphatic carbocycles. The van der Waals surface area contributed by atoms with Crippen molar-refractivity contribution in [2.45, 2.75) is 25.4 Å². The fourth-order valence-electron chi connectivity index (χ4n) is 3.07. The third kappa shape index (κ3) is 4.49. The fraction of sp³-hybridized carbons (Fsp3) is 0.217. The van der Waals surface area contributed by atoms with E-state index in [4.69, 9.17) is 4.74 Å². The van der Waals surface area contributed by atoms with Crippen LogP contribution in [-0.2, 0) is 11.3 Å². The van der Waals surface area contributed by atoms with Gasteiger partial charge in [-0.05, 0) is 59.5 Å². The predicted octanol–water partition coefficient (Wildman–Crippen LogP) is 4.55. The second-order valence-electron chi connectivity index (χ2n) is 6.89. The number of rotatable bonds is 8. The summed E-state index contributed by atoms with van der Waals surface area (Å²) in [5.74, 6) is 0.557. The van der Waals surface area contributed by atoms with E-state index >= 15 is 0 Å². The summed E-state index contributed by atoms with van der Waals surface area (Å²) in [6, 6.07) is 18.5. The minimum absolute atomic E-state index is 0.00172. The van der Waals surface area contributed by atoms with Crippen molar-refractivity contribution in [2.24, 2.45) is 0 Å². The topological polar surface area (TPSA) is 46.6 Å². The third-order valence-electron chi connectivity index (χ3n) is 4.76. The maximum Gasteiger partial charge on any atom is 0.261 e. The lowest BCUT2D eigenvalue weighted by Crippen LogP contribution is -2.36. The Morgan fingerprint density at radius 1 is 0.964 bits per heavy atom. The predicted molar refractivity (Wildman–Crippen MR) is 110 cm³/mol. The van der Waals surface area contributed by atoms with Gasteiger partial charge in [-0.2, -0.15) is 11.3 Å². The molecular weight excluding hydrogens is 370 g/mol. The molecule has 1 aromatic heterocycles. The second-order valence-corrected chi connectivity index (χ2v) is 7.67. The van der Waals surface area contributed by atoms with Crippen LogP contribution in [0, 0.1) is 0 Å². The number of amides is 1. The minimum atomic E-state index is -0.0288. The van der Waals surface area contributed by atoms with Crippen molar-refractivity contribution < 1.29 is 14.3 Å². The van der Waals surface area contributed by atoms with Crippen LogP contribution in [0.5, 0.6) is 5.75 Å². The molecule has 0 N–H and O–H groups in total. The number of ether oxygens (including phenoxy) is 1. The molecule has 4 rings (SSSR count). The number of thiophene rings is 1. The number of nitrogens with zero attached hydrogens (tertiary/aromatic N) is 1.